The largest absolute Gasteiger partial charge is 0.488 e. The second-order valence-electron chi connectivity index (χ2n) is 7.98. The number of thioether (sulfide) groups is 1. The molecule has 178 valence electrons. The molecule has 1 heterocycles. The maximum absolute atomic E-state index is 12.9. The van der Waals surface area contributed by atoms with Crippen LogP contribution in [0.5, 0.6) is 5.75 Å². The summed E-state index contributed by atoms with van der Waals surface area (Å²) in [4.78, 5) is 39.2. The number of imide groups is 1. The van der Waals surface area contributed by atoms with Gasteiger partial charge in [0.25, 0.3) is 11.1 Å². The van der Waals surface area contributed by atoms with E-state index in [1.807, 2.05) is 56.3 Å². The van der Waals surface area contributed by atoms with Crippen LogP contribution < -0.4 is 10.1 Å². The van der Waals surface area contributed by atoms with E-state index in [4.69, 9.17) is 16.3 Å². The Bertz CT molecular complexity index is 1340. The summed E-state index contributed by atoms with van der Waals surface area (Å²) in [6.45, 7) is 3.74. The fourth-order valence-corrected chi connectivity index (χ4v) is 4.52. The molecule has 1 aliphatic heterocycles. The Hall–Kier alpha value is -3.55. The van der Waals surface area contributed by atoms with Crippen molar-refractivity contribution in [2.24, 2.45) is 0 Å². The van der Waals surface area contributed by atoms with E-state index in [9.17, 15) is 14.4 Å². The third kappa shape index (κ3) is 5.75. The van der Waals surface area contributed by atoms with Crippen molar-refractivity contribution in [1.82, 2.24) is 4.90 Å². The van der Waals surface area contributed by atoms with E-state index in [2.05, 4.69) is 5.32 Å². The molecule has 1 aliphatic rings. The van der Waals surface area contributed by atoms with E-state index in [-0.39, 0.29) is 18.1 Å². The molecule has 0 unspecified atom stereocenters. The minimum absolute atomic E-state index is 0.225. The molecule has 4 rings (SSSR count). The van der Waals surface area contributed by atoms with Crippen molar-refractivity contribution in [2.75, 3.05) is 11.9 Å². The third-order valence-electron chi connectivity index (χ3n) is 5.60. The molecule has 1 N–H and O–H groups in total. The van der Waals surface area contributed by atoms with Crippen molar-refractivity contribution in [1.29, 1.82) is 0 Å². The first-order valence-corrected chi connectivity index (χ1v) is 12.1. The van der Waals surface area contributed by atoms with E-state index in [1.54, 1.807) is 30.3 Å². The Morgan fingerprint density at radius 2 is 1.77 bits per heavy atom. The SMILES string of the molecule is Cc1cccc(NC(=O)CN2C(=O)S/C(=C/c3ccccc3OCc3ccccc3Cl)C2=O)c1C. The van der Waals surface area contributed by atoms with Gasteiger partial charge in [0.05, 0.1) is 4.91 Å². The van der Waals surface area contributed by atoms with E-state index >= 15 is 0 Å². The van der Waals surface area contributed by atoms with Gasteiger partial charge in [-0.2, -0.15) is 0 Å². The average molecular weight is 507 g/mol. The summed E-state index contributed by atoms with van der Waals surface area (Å²) >= 11 is 7.01. The predicted molar refractivity (Wildman–Crippen MR) is 139 cm³/mol. The molecular weight excluding hydrogens is 484 g/mol. The first-order chi connectivity index (χ1) is 16.8. The highest BCUT2D eigenvalue weighted by Gasteiger charge is 2.36. The Kier molecular flexibility index (Phi) is 7.58. The van der Waals surface area contributed by atoms with E-state index < -0.39 is 17.1 Å². The number of ether oxygens (including phenoxy) is 1. The number of carbonyl (C=O) groups is 3. The molecule has 0 aromatic heterocycles. The van der Waals surface area contributed by atoms with Crippen LogP contribution in [-0.2, 0) is 16.2 Å². The normalized spacial score (nSPS) is 14.5. The Balaban J connectivity index is 1.46. The molecule has 0 atom stereocenters. The van der Waals surface area contributed by atoms with Crippen molar-refractivity contribution < 1.29 is 19.1 Å². The molecule has 6 nitrogen and oxygen atoms in total. The van der Waals surface area contributed by atoms with Gasteiger partial charge in [0, 0.05) is 21.8 Å². The summed E-state index contributed by atoms with van der Waals surface area (Å²) in [5.74, 6) is -0.408. The van der Waals surface area contributed by atoms with E-state index in [1.165, 1.54) is 0 Å². The zero-order valence-electron chi connectivity index (χ0n) is 19.2. The second-order valence-corrected chi connectivity index (χ2v) is 9.38. The van der Waals surface area contributed by atoms with Crippen molar-refractivity contribution in [3.63, 3.8) is 0 Å². The highest BCUT2D eigenvalue weighted by atomic mass is 35.5. The van der Waals surface area contributed by atoms with Crippen LogP contribution in [0, 0.1) is 13.8 Å². The van der Waals surface area contributed by atoms with Gasteiger partial charge in [0.1, 0.15) is 18.9 Å². The first-order valence-electron chi connectivity index (χ1n) is 10.9. The van der Waals surface area contributed by atoms with Gasteiger partial charge in [0.2, 0.25) is 5.91 Å². The number of hydrogen-bond acceptors (Lipinski definition) is 5. The van der Waals surface area contributed by atoms with E-state index in [0.717, 1.165) is 33.4 Å². The second kappa shape index (κ2) is 10.8. The van der Waals surface area contributed by atoms with Gasteiger partial charge in [0.15, 0.2) is 0 Å². The van der Waals surface area contributed by atoms with Crippen LogP contribution in [0.1, 0.15) is 22.3 Å². The molecule has 0 aliphatic carbocycles. The minimum atomic E-state index is -0.517. The number of hydrogen-bond donors (Lipinski definition) is 1. The number of amides is 3. The van der Waals surface area contributed by atoms with Crippen molar-refractivity contribution in [3.8, 4) is 5.75 Å². The smallest absolute Gasteiger partial charge is 0.294 e. The molecule has 35 heavy (non-hydrogen) atoms. The van der Waals surface area contributed by atoms with Gasteiger partial charge in [-0.1, -0.05) is 60.1 Å². The van der Waals surface area contributed by atoms with Gasteiger partial charge >= 0.3 is 0 Å². The van der Waals surface area contributed by atoms with Crippen molar-refractivity contribution in [2.45, 2.75) is 20.5 Å². The maximum Gasteiger partial charge on any atom is 0.294 e. The number of nitrogens with one attached hydrogen (secondary N) is 1. The molecular formula is C27H23ClN2O4S. The van der Waals surface area contributed by atoms with E-state index in [0.29, 0.717) is 22.0 Å². The lowest BCUT2D eigenvalue weighted by molar-refractivity contribution is -0.127. The number of carbonyl (C=O) groups excluding carboxylic acids is 3. The molecule has 0 bridgehead atoms. The molecule has 3 aromatic rings. The van der Waals surface area contributed by atoms with Crippen molar-refractivity contribution >= 4 is 52.2 Å². The highest BCUT2D eigenvalue weighted by Crippen LogP contribution is 2.34. The van der Waals surface area contributed by atoms with Crippen molar-refractivity contribution in [3.05, 3.63) is 98.9 Å². The predicted octanol–water partition coefficient (Wildman–Crippen LogP) is 6.21. The summed E-state index contributed by atoms with van der Waals surface area (Å²) in [5.41, 5.74) is 4.10. The third-order valence-corrected chi connectivity index (χ3v) is 6.88. The van der Waals surface area contributed by atoms with Crippen LogP contribution in [0.3, 0.4) is 0 Å². The number of benzene rings is 3. The summed E-state index contributed by atoms with van der Waals surface area (Å²) in [7, 11) is 0. The van der Waals surface area contributed by atoms with Crippen LogP contribution in [0.15, 0.2) is 71.6 Å². The average Bonchev–Trinajstić information content (AvgIpc) is 3.09. The Morgan fingerprint density at radius 1 is 1.03 bits per heavy atom. The summed E-state index contributed by atoms with van der Waals surface area (Å²) in [5, 5.41) is 2.89. The Morgan fingerprint density at radius 3 is 2.57 bits per heavy atom. The lowest BCUT2D eigenvalue weighted by atomic mass is 10.1. The lowest BCUT2D eigenvalue weighted by Gasteiger charge is -2.14. The number of aryl methyl sites for hydroxylation is 1. The molecule has 1 fully saturated rings. The molecule has 1 saturated heterocycles. The number of rotatable bonds is 7. The van der Waals surface area contributed by atoms with Gasteiger partial charge in [-0.3, -0.25) is 19.3 Å². The molecule has 3 amide bonds. The standard InChI is InChI=1S/C27H23ClN2O4S/c1-17-8-7-12-22(18(17)2)29-25(31)15-30-26(32)24(35-27(30)33)14-19-9-4-6-13-23(19)34-16-20-10-3-5-11-21(20)28/h3-14H,15-16H2,1-2H3,(H,29,31)/b24-14+. The van der Waals surface area contributed by atoms with Crippen LogP contribution >= 0.6 is 23.4 Å². The van der Waals surface area contributed by atoms with Crippen LogP contribution in [0.2, 0.25) is 5.02 Å². The molecule has 8 heteroatoms. The summed E-state index contributed by atoms with van der Waals surface area (Å²) in [6, 6.07) is 20.2. The molecule has 0 radical (unpaired) electrons. The van der Waals surface area contributed by atoms with Crippen LogP contribution in [-0.4, -0.2) is 28.5 Å². The number of halogens is 1. The zero-order valence-corrected chi connectivity index (χ0v) is 20.8. The zero-order chi connectivity index (χ0) is 24.9. The van der Waals surface area contributed by atoms with Gasteiger partial charge in [-0.25, -0.2) is 0 Å². The van der Waals surface area contributed by atoms with Gasteiger partial charge in [-0.15, -0.1) is 0 Å². The summed E-state index contributed by atoms with van der Waals surface area (Å²) in [6.07, 6.45) is 1.61. The molecule has 0 spiro atoms. The fraction of sp³-hybridized carbons (Fsp3) is 0.148. The maximum atomic E-state index is 12.9. The monoisotopic (exact) mass is 506 g/mol. The Labute approximate surface area is 212 Å². The first kappa shape index (κ1) is 24.6. The quantitative estimate of drug-likeness (QED) is 0.385. The lowest BCUT2D eigenvalue weighted by Crippen LogP contribution is -2.36. The fourth-order valence-electron chi connectivity index (χ4n) is 3.50. The molecule has 3 aromatic carbocycles. The highest BCUT2D eigenvalue weighted by molar-refractivity contribution is 8.18. The van der Waals surface area contributed by atoms with Gasteiger partial charge < -0.3 is 10.1 Å². The topological polar surface area (TPSA) is 75.7 Å². The molecule has 0 saturated carbocycles. The van der Waals surface area contributed by atoms with Crippen LogP contribution in [0.4, 0.5) is 10.5 Å². The number of nitrogens with zero attached hydrogens (tertiary/aromatic N) is 1. The number of para-hydroxylation sites is 1. The van der Waals surface area contributed by atoms with Crippen LogP contribution in [0.25, 0.3) is 6.08 Å². The minimum Gasteiger partial charge on any atom is -0.488 e. The summed E-state index contributed by atoms with van der Waals surface area (Å²) < 4.78 is 5.94. The number of anilines is 1. The van der Waals surface area contributed by atoms with Gasteiger partial charge in [-0.05, 0) is 61.0 Å².